The van der Waals surface area contributed by atoms with Crippen molar-refractivity contribution in [3.63, 3.8) is 0 Å². The topological polar surface area (TPSA) is 31.1 Å². The quantitative estimate of drug-likeness (QED) is 0.889. The van der Waals surface area contributed by atoms with Gasteiger partial charge in [0.05, 0.1) is 6.54 Å². The highest BCUT2D eigenvalue weighted by molar-refractivity contribution is 5.82. The highest BCUT2D eigenvalue weighted by Gasteiger charge is 2.34. The Labute approximate surface area is 127 Å². The second-order valence-corrected chi connectivity index (χ2v) is 5.99. The number of rotatable bonds is 5. The minimum Gasteiger partial charge on any atom is -0.361 e. The van der Waals surface area contributed by atoms with Crippen molar-refractivity contribution >= 4 is 10.9 Å². The van der Waals surface area contributed by atoms with Crippen LogP contribution in [0.4, 0.5) is 13.2 Å². The number of halogens is 3. The van der Waals surface area contributed by atoms with Crippen LogP contribution >= 0.6 is 0 Å². The number of alkyl halides is 3. The summed E-state index contributed by atoms with van der Waals surface area (Å²) in [5.41, 5.74) is 2.32. The number of hydrogen-bond acceptors (Lipinski definition) is 2. The molecule has 2 N–H and O–H groups in total. The van der Waals surface area contributed by atoms with E-state index in [0.717, 1.165) is 25.0 Å². The molecule has 1 atom stereocenters. The van der Waals surface area contributed by atoms with Gasteiger partial charge in [-0.2, -0.15) is 13.2 Å². The van der Waals surface area contributed by atoms with Gasteiger partial charge in [-0.05, 0) is 43.1 Å². The van der Waals surface area contributed by atoms with E-state index in [0.29, 0.717) is 19.0 Å². The van der Waals surface area contributed by atoms with E-state index in [9.17, 15) is 13.2 Å². The molecule has 1 aliphatic heterocycles. The lowest BCUT2D eigenvalue weighted by Gasteiger charge is -2.18. The molecule has 1 aromatic heterocycles. The van der Waals surface area contributed by atoms with Crippen molar-refractivity contribution in [3.05, 3.63) is 36.0 Å². The second-order valence-electron chi connectivity index (χ2n) is 5.99. The Kier molecular flexibility index (Phi) is 4.40. The van der Waals surface area contributed by atoms with Gasteiger partial charge in [0.15, 0.2) is 0 Å². The molecule has 0 radical (unpaired) electrons. The van der Waals surface area contributed by atoms with E-state index in [-0.39, 0.29) is 0 Å². The summed E-state index contributed by atoms with van der Waals surface area (Å²) in [5, 5.41) is 4.58. The monoisotopic (exact) mass is 311 g/mol. The van der Waals surface area contributed by atoms with Gasteiger partial charge in [0.1, 0.15) is 0 Å². The molecule has 0 aliphatic carbocycles. The molecule has 1 unspecified atom stereocenters. The van der Waals surface area contributed by atoms with Crippen LogP contribution in [-0.2, 0) is 6.54 Å². The highest BCUT2D eigenvalue weighted by atomic mass is 19.4. The third-order valence-corrected chi connectivity index (χ3v) is 4.21. The summed E-state index contributed by atoms with van der Waals surface area (Å²) in [4.78, 5) is 4.68. The van der Waals surface area contributed by atoms with Crippen LogP contribution in [0.1, 0.15) is 12.0 Å². The average Bonchev–Trinajstić information content (AvgIpc) is 3.06. The third-order valence-electron chi connectivity index (χ3n) is 4.21. The van der Waals surface area contributed by atoms with E-state index in [1.54, 1.807) is 0 Å². The lowest BCUT2D eigenvalue weighted by molar-refractivity contribution is -0.143. The summed E-state index contributed by atoms with van der Waals surface area (Å²) in [6.45, 7) is 1.78. The largest absolute Gasteiger partial charge is 0.401 e. The molecule has 3 rings (SSSR count). The fourth-order valence-electron chi connectivity index (χ4n) is 3.19. The van der Waals surface area contributed by atoms with Crippen LogP contribution in [0.2, 0.25) is 0 Å². The van der Waals surface area contributed by atoms with Gasteiger partial charge in [0.2, 0.25) is 0 Å². The maximum absolute atomic E-state index is 12.4. The maximum Gasteiger partial charge on any atom is 0.401 e. The molecule has 120 valence electrons. The Morgan fingerprint density at radius 1 is 1.27 bits per heavy atom. The molecular weight excluding hydrogens is 291 g/mol. The molecule has 6 heteroatoms. The Balaban J connectivity index is 1.47. The van der Waals surface area contributed by atoms with Crippen LogP contribution in [0.3, 0.4) is 0 Å². The zero-order valence-electron chi connectivity index (χ0n) is 12.3. The third kappa shape index (κ3) is 3.81. The standard InChI is InChI=1S/C16H20F3N3/c17-16(18,19)11-22-7-5-12(10-22)8-20-9-13-2-1-3-15-14(13)4-6-21-15/h1-4,6,12,20-21H,5,7-11H2. The van der Waals surface area contributed by atoms with Crippen molar-refractivity contribution in [2.45, 2.75) is 19.1 Å². The van der Waals surface area contributed by atoms with Crippen LogP contribution in [0, 0.1) is 5.92 Å². The Morgan fingerprint density at radius 3 is 2.95 bits per heavy atom. The van der Waals surface area contributed by atoms with E-state index >= 15 is 0 Å². The number of nitrogens with one attached hydrogen (secondary N) is 2. The number of aromatic amines is 1. The summed E-state index contributed by atoms with van der Waals surface area (Å²) in [6, 6.07) is 8.17. The minimum atomic E-state index is -4.09. The van der Waals surface area contributed by atoms with Gasteiger partial charge in [-0.1, -0.05) is 12.1 Å². The van der Waals surface area contributed by atoms with E-state index in [1.807, 2.05) is 24.4 Å². The van der Waals surface area contributed by atoms with Crippen molar-refractivity contribution < 1.29 is 13.2 Å². The SMILES string of the molecule is FC(F)(F)CN1CCC(CNCc2cccc3[nH]ccc23)C1. The lowest BCUT2D eigenvalue weighted by atomic mass is 10.1. The number of aromatic nitrogens is 1. The zero-order valence-corrected chi connectivity index (χ0v) is 12.3. The smallest absolute Gasteiger partial charge is 0.361 e. The van der Waals surface area contributed by atoms with Gasteiger partial charge in [-0.25, -0.2) is 0 Å². The normalized spacial score (nSPS) is 20.0. The summed E-state index contributed by atoms with van der Waals surface area (Å²) in [7, 11) is 0. The predicted molar refractivity (Wildman–Crippen MR) is 80.6 cm³/mol. The molecule has 0 saturated carbocycles. The molecule has 1 aliphatic rings. The fraction of sp³-hybridized carbons (Fsp3) is 0.500. The molecule has 0 bridgehead atoms. The van der Waals surface area contributed by atoms with E-state index < -0.39 is 12.7 Å². The predicted octanol–water partition coefficient (Wildman–Crippen LogP) is 3.14. The number of benzene rings is 1. The molecule has 1 fully saturated rings. The Bertz CT molecular complexity index is 620. The number of likely N-dealkylation sites (tertiary alicyclic amines) is 1. The van der Waals surface area contributed by atoms with Gasteiger partial charge in [0.25, 0.3) is 0 Å². The molecule has 3 nitrogen and oxygen atoms in total. The second kappa shape index (κ2) is 6.30. The van der Waals surface area contributed by atoms with Crippen LogP contribution in [0.5, 0.6) is 0 Å². The summed E-state index contributed by atoms with van der Waals surface area (Å²) in [5.74, 6) is 0.299. The Morgan fingerprint density at radius 2 is 2.14 bits per heavy atom. The first kappa shape index (κ1) is 15.4. The first-order valence-corrected chi connectivity index (χ1v) is 7.56. The molecule has 2 aromatic rings. The molecule has 22 heavy (non-hydrogen) atoms. The van der Waals surface area contributed by atoms with Crippen LogP contribution in [0.15, 0.2) is 30.5 Å². The van der Waals surface area contributed by atoms with Crippen molar-refractivity contribution in [1.82, 2.24) is 15.2 Å². The van der Waals surface area contributed by atoms with Crippen molar-refractivity contribution in [1.29, 1.82) is 0 Å². The molecule has 1 aromatic carbocycles. The van der Waals surface area contributed by atoms with Crippen LogP contribution in [-0.4, -0.2) is 42.2 Å². The fourth-order valence-corrected chi connectivity index (χ4v) is 3.19. The van der Waals surface area contributed by atoms with Crippen LogP contribution in [0.25, 0.3) is 10.9 Å². The highest BCUT2D eigenvalue weighted by Crippen LogP contribution is 2.22. The lowest BCUT2D eigenvalue weighted by Crippen LogP contribution is -2.33. The van der Waals surface area contributed by atoms with Gasteiger partial charge in [0, 0.05) is 30.2 Å². The number of H-pyrrole nitrogens is 1. The molecule has 0 amide bonds. The minimum absolute atomic E-state index is 0.299. The maximum atomic E-state index is 12.4. The summed E-state index contributed by atoms with van der Waals surface area (Å²) in [6.07, 6.45) is -1.34. The van der Waals surface area contributed by atoms with Gasteiger partial charge in [-0.15, -0.1) is 0 Å². The first-order valence-electron chi connectivity index (χ1n) is 7.56. The number of fused-ring (bicyclic) bond motifs is 1. The van der Waals surface area contributed by atoms with Crippen molar-refractivity contribution in [3.8, 4) is 0 Å². The zero-order chi connectivity index (χ0) is 15.6. The van der Waals surface area contributed by atoms with Gasteiger partial charge in [-0.3, -0.25) is 4.90 Å². The molecule has 1 saturated heterocycles. The van der Waals surface area contributed by atoms with Crippen LogP contribution < -0.4 is 5.32 Å². The van der Waals surface area contributed by atoms with Crippen molar-refractivity contribution in [2.24, 2.45) is 5.92 Å². The molecule has 2 heterocycles. The van der Waals surface area contributed by atoms with E-state index in [1.165, 1.54) is 15.8 Å². The number of hydrogen-bond donors (Lipinski definition) is 2. The molecule has 0 spiro atoms. The summed E-state index contributed by atoms with van der Waals surface area (Å²) < 4.78 is 37.1. The summed E-state index contributed by atoms with van der Waals surface area (Å²) >= 11 is 0. The van der Waals surface area contributed by atoms with Crippen molar-refractivity contribution in [2.75, 3.05) is 26.2 Å². The van der Waals surface area contributed by atoms with Gasteiger partial charge < -0.3 is 10.3 Å². The van der Waals surface area contributed by atoms with Gasteiger partial charge >= 0.3 is 6.18 Å². The average molecular weight is 311 g/mol. The molecular formula is C16H20F3N3. The van der Waals surface area contributed by atoms with E-state index in [2.05, 4.69) is 16.4 Å². The Hall–Kier alpha value is -1.53. The first-order chi connectivity index (χ1) is 10.5. The number of nitrogens with zero attached hydrogens (tertiary/aromatic N) is 1. The van der Waals surface area contributed by atoms with E-state index in [4.69, 9.17) is 0 Å².